The van der Waals surface area contributed by atoms with Gasteiger partial charge in [0, 0.05) is 6.04 Å². The fourth-order valence-electron chi connectivity index (χ4n) is 1.05. The van der Waals surface area contributed by atoms with Crippen LogP contribution < -0.4 is 5.32 Å². The summed E-state index contributed by atoms with van der Waals surface area (Å²) in [5.74, 6) is 0.329. The molecule has 1 rings (SSSR count). The summed E-state index contributed by atoms with van der Waals surface area (Å²) in [6, 6.07) is 0.203. The van der Waals surface area contributed by atoms with Gasteiger partial charge in [0.2, 0.25) is 0 Å². The maximum atomic E-state index is 11.2. The van der Waals surface area contributed by atoms with E-state index >= 15 is 0 Å². The molecule has 0 aromatic carbocycles. The summed E-state index contributed by atoms with van der Waals surface area (Å²) in [4.78, 5) is 11.2. The molecule has 0 aromatic rings. The van der Waals surface area contributed by atoms with Crippen LogP contribution in [0.5, 0.6) is 0 Å². The highest BCUT2D eigenvalue weighted by molar-refractivity contribution is 6.57. The van der Waals surface area contributed by atoms with Crippen LogP contribution in [0.2, 0.25) is 0 Å². The number of alkyl halides is 2. The molecule has 0 heterocycles. The van der Waals surface area contributed by atoms with E-state index in [9.17, 15) is 4.79 Å². The van der Waals surface area contributed by atoms with Crippen LogP contribution in [0.3, 0.4) is 0 Å². The number of nitrogens with one attached hydrogen (secondary N) is 1. The molecular formula is C8H13Cl2NO. The molecule has 4 heteroatoms. The van der Waals surface area contributed by atoms with Gasteiger partial charge in [0.1, 0.15) is 0 Å². The Bertz CT molecular complexity index is 184. The molecule has 0 aliphatic heterocycles. The Morgan fingerprint density at radius 2 is 2.08 bits per heavy atom. The average molecular weight is 210 g/mol. The molecule has 0 spiro atoms. The lowest BCUT2D eigenvalue weighted by molar-refractivity contribution is -0.122. The highest BCUT2D eigenvalue weighted by atomic mass is 35.5. The molecule has 1 fully saturated rings. The number of rotatable bonds is 3. The minimum absolute atomic E-state index is 0.203. The molecule has 0 radical (unpaired) electrons. The van der Waals surface area contributed by atoms with Crippen molar-refractivity contribution >= 4 is 29.1 Å². The van der Waals surface area contributed by atoms with Gasteiger partial charge >= 0.3 is 0 Å². The monoisotopic (exact) mass is 209 g/mol. The second-order valence-electron chi connectivity index (χ2n) is 3.49. The number of hydrogen-bond acceptors (Lipinski definition) is 1. The molecule has 1 amide bonds. The van der Waals surface area contributed by atoms with Crippen molar-refractivity contribution in [2.75, 3.05) is 0 Å². The van der Waals surface area contributed by atoms with Crippen LogP contribution in [-0.4, -0.2) is 16.3 Å². The van der Waals surface area contributed by atoms with E-state index in [1.165, 1.54) is 19.8 Å². The van der Waals surface area contributed by atoms with Crippen LogP contribution in [0.1, 0.15) is 26.7 Å². The van der Waals surface area contributed by atoms with Crippen LogP contribution in [0.15, 0.2) is 0 Å². The summed E-state index contributed by atoms with van der Waals surface area (Å²) < 4.78 is -1.30. The first-order chi connectivity index (χ1) is 5.41. The van der Waals surface area contributed by atoms with Gasteiger partial charge in [0.15, 0.2) is 4.33 Å². The van der Waals surface area contributed by atoms with Gasteiger partial charge in [-0.05, 0) is 32.6 Å². The summed E-state index contributed by atoms with van der Waals surface area (Å²) in [7, 11) is 0. The highest BCUT2D eigenvalue weighted by Gasteiger charge is 2.33. The quantitative estimate of drug-likeness (QED) is 0.710. The minimum atomic E-state index is -1.30. The molecule has 0 bridgehead atoms. The van der Waals surface area contributed by atoms with Crippen molar-refractivity contribution in [3.63, 3.8) is 0 Å². The van der Waals surface area contributed by atoms with Gasteiger partial charge in [-0.25, -0.2) is 0 Å². The molecule has 1 atom stereocenters. The lowest BCUT2D eigenvalue weighted by atomic mass is 10.2. The fraction of sp³-hybridized carbons (Fsp3) is 0.875. The van der Waals surface area contributed by atoms with E-state index in [0.29, 0.717) is 5.92 Å². The van der Waals surface area contributed by atoms with E-state index in [4.69, 9.17) is 23.2 Å². The Hall–Kier alpha value is 0.0500. The van der Waals surface area contributed by atoms with Gasteiger partial charge in [-0.3, -0.25) is 4.79 Å². The molecule has 0 aromatic heterocycles. The zero-order valence-electron chi connectivity index (χ0n) is 7.23. The van der Waals surface area contributed by atoms with Gasteiger partial charge in [-0.1, -0.05) is 23.2 Å². The second kappa shape index (κ2) is 3.43. The Labute approximate surface area is 82.6 Å². The highest BCUT2D eigenvalue weighted by Crippen LogP contribution is 2.32. The van der Waals surface area contributed by atoms with E-state index in [1.807, 2.05) is 6.92 Å². The van der Waals surface area contributed by atoms with Crippen molar-refractivity contribution < 1.29 is 4.79 Å². The maximum absolute atomic E-state index is 11.2. The van der Waals surface area contributed by atoms with Crippen molar-refractivity contribution in [2.24, 2.45) is 5.92 Å². The van der Waals surface area contributed by atoms with E-state index < -0.39 is 4.33 Å². The maximum Gasteiger partial charge on any atom is 0.256 e. The molecular weight excluding hydrogens is 197 g/mol. The molecule has 1 N–H and O–H groups in total. The first-order valence-electron chi connectivity index (χ1n) is 4.10. The van der Waals surface area contributed by atoms with E-state index in [1.54, 1.807) is 0 Å². The predicted octanol–water partition coefficient (Wildman–Crippen LogP) is 2.09. The Balaban J connectivity index is 2.34. The van der Waals surface area contributed by atoms with E-state index in [2.05, 4.69) is 5.32 Å². The predicted molar refractivity (Wildman–Crippen MR) is 50.4 cm³/mol. The molecule has 1 aliphatic carbocycles. The number of hydrogen-bond donors (Lipinski definition) is 1. The van der Waals surface area contributed by atoms with Gasteiger partial charge < -0.3 is 5.32 Å². The number of carbonyl (C=O) groups is 1. The summed E-state index contributed by atoms with van der Waals surface area (Å²) in [6.07, 6.45) is 2.39. The molecule has 70 valence electrons. The topological polar surface area (TPSA) is 29.1 Å². The number of amides is 1. The standard InChI is InChI=1S/C8H13Cl2NO/c1-5(6-3-4-6)11-7(12)8(2,9)10/h5-6H,3-4H2,1-2H3,(H,11,12). The third-order valence-electron chi connectivity index (χ3n) is 2.09. The van der Waals surface area contributed by atoms with Gasteiger partial charge in [-0.15, -0.1) is 0 Å². The van der Waals surface area contributed by atoms with E-state index in [0.717, 1.165) is 0 Å². The third kappa shape index (κ3) is 2.83. The Kier molecular flexibility index (Phi) is 2.89. The lowest BCUT2D eigenvalue weighted by Gasteiger charge is -2.18. The summed E-state index contributed by atoms with van der Waals surface area (Å²) in [5, 5.41) is 2.78. The number of halogens is 2. The fourth-order valence-corrected chi connectivity index (χ4v) is 1.16. The van der Waals surface area contributed by atoms with Crippen molar-refractivity contribution in [3.05, 3.63) is 0 Å². The Morgan fingerprint density at radius 1 is 1.58 bits per heavy atom. The van der Waals surface area contributed by atoms with Gasteiger partial charge in [-0.2, -0.15) is 0 Å². The summed E-state index contributed by atoms with van der Waals surface area (Å²) >= 11 is 11.2. The average Bonchev–Trinajstić information content (AvgIpc) is 2.65. The summed E-state index contributed by atoms with van der Waals surface area (Å²) in [5.41, 5.74) is 0. The van der Waals surface area contributed by atoms with Crippen molar-refractivity contribution in [1.82, 2.24) is 5.32 Å². The third-order valence-corrected chi connectivity index (χ3v) is 2.43. The van der Waals surface area contributed by atoms with Crippen LogP contribution in [-0.2, 0) is 4.79 Å². The molecule has 1 saturated carbocycles. The van der Waals surface area contributed by atoms with Crippen molar-refractivity contribution in [2.45, 2.75) is 37.1 Å². The van der Waals surface area contributed by atoms with Crippen LogP contribution in [0.25, 0.3) is 0 Å². The molecule has 0 saturated heterocycles. The molecule has 12 heavy (non-hydrogen) atoms. The largest absolute Gasteiger partial charge is 0.351 e. The SMILES string of the molecule is CC(NC(=O)C(C)(Cl)Cl)C1CC1. The van der Waals surface area contributed by atoms with Crippen LogP contribution in [0, 0.1) is 5.92 Å². The molecule has 1 unspecified atom stereocenters. The molecule has 2 nitrogen and oxygen atoms in total. The normalized spacial score (nSPS) is 20.3. The smallest absolute Gasteiger partial charge is 0.256 e. The first-order valence-corrected chi connectivity index (χ1v) is 4.85. The zero-order valence-corrected chi connectivity index (χ0v) is 8.74. The van der Waals surface area contributed by atoms with Gasteiger partial charge in [0.05, 0.1) is 0 Å². The van der Waals surface area contributed by atoms with Crippen molar-refractivity contribution in [3.8, 4) is 0 Å². The molecule has 1 aliphatic rings. The second-order valence-corrected chi connectivity index (χ2v) is 5.19. The minimum Gasteiger partial charge on any atom is -0.351 e. The lowest BCUT2D eigenvalue weighted by Crippen LogP contribution is -2.42. The van der Waals surface area contributed by atoms with Crippen LogP contribution >= 0.6 is 23.2 Å². The van der Waals surface area contributed by atoms with Gasteiger partial charge in [0.25, 0.3) is 5.91 Å². The van der Waals surface area contributed by atoms with E-state index in [-0.39, 0.29) is 11.9 Å². The first kappa shape index (κ1) is 10.1. The van der Waals surface area contributed by atoms with Crippen molar-refractivity contribution in [1.29, 1.82) is 0 Å². The Morgan fingerprint density at radius 3 is 2.42 bits per heavy atom. The summed E-state index contributed by atoms with van der Waals surface area (Å²) in [6.45, 7) is 3.46. The zero-order chi connectivity index (χ0) is 9.35. The van der Waals surface area contributed by atoms with Crippen LogP contribution in [0.4, 0.5) is 0 Å². The number of carbonyl (C=O) groups excluding carboxylic acids is 1.